The molecule has 3 heteroatoms. The Kier molecular flexibility index (Phi) is 6.30. The van der Waals surface area contributed by atoms with Gasteiger partial charge in [-0.05, 0) is 20.8 Å². The summed E-state index contributed by atoms with van der Waals surface area (Å²) in [7, 11) is 0. The van der Waals surface area contributed by atoms with Crippen LogP contribution in [0.3, 0.4) is 0 Å². The van der Waals surface area contributed by atoms with Crippen molar-refractivity contribution >= 4 is 11.8 Å². The summed E-state index contributed by atoms with van der Waals surface area (Å²) in [4.78, 5) is 23.8. The zero-order valence-electron chi connectivity index (χ0n) is 12.6. The molecule has 0 bridgehead atoms. The molecule has 3 atom stereocenters. The first-order valence-electron chi connectivity index (χ1n) is 6.70. The first-order chi connectivity index (χ1) is 8.32. The molecule has 3 nitrogen and oxygen atoms in total. The Morgan fingerprint density at radius 2 is 1.78 bits per heavy atom. The summed E-state index contributed by atoms with van der Waals surface area (Å²) in [6.07, 6.45) is 3.54. The van der Waals surface area contributed by atoms with Crippen LogP contribution in [0.4, 0.5) is 0 Å². The van der Waals surface area contributed by atoms with Gasteiger partial charge < -0.3 is 4.74 Å². The zero-order chi connectivity index (χ0) is 14.5. The highest BCUT2D eigenvalue weighted by atomic mass is 16.5. The van der Waals surface area contributed by atoms with E-state index < -0.39 is 11.4 Å². The Morgan fingerprint density at radius 3 is 2.22 bits per heavy atom. The average Bonchev–Trinajstić information content (AvgIpc) is 2.34. The van der Waals surface area contributed by atoms with Crippen molar-refractivity contribution < 1.29 is 14.3 Å². The van der Waals surface area contributed by atoms with Gasteiger partial charge in [-0.25, -0.2) is 0 Å². The molecule has 0 radical (unpaired) electrons. The lowest BCUT2D eigenvalue weighted by atomic mass is 9.75. The molecule has 0 aromatic carbocycles. The highest BCUT2D eigenvalue weighted by molar-refractivity contribution is 6.05. The molecular weight excluding hydrogens is 228 g/mol. The number of carbonyl (C=O) groups excluding carboxylic acids is 2. The Balaban J connectivity index is 0.00000137. The van der Waals surface area contributed by atoms with Gasteiger partial charge in [0, 0.05) is 5.92 Å². The topological polar surface area (TPSA) is 43.4 Å². The summed E-state index contributed by atoms with van der Waals surface area (Å²) in [5.41, 5.74) is -0.994. The molecule has 1 aliphatic rings. The minimum Gasteiger partial charge on any atom is -0.460 e. The molecule has 1 rings (SSSR count). The van der Waals surface area contributed by atoms with E-state index in [1.165, 1.54) is 0 Å². The molecule has 18 heavy (non-hydrogen) atoms. The van der Waals surface area contributed by atoms with Crippen LogP contribution >= 0.6 is 0 Å². The first kappa shape index (κ1) is 16.9. The molecule has 0 saturated carbocycles. The molecule has 0 aliphatic carbocycles. The molecule has 0 aromatic rings. The third-order valence-corrected chi connectivity index (χ3v) is 3.29. The maximum atomic E-state index is 12.1. The van der Waals surface area contributed by atoms with Crippen molar-refractivity contribution in [3.8, 4) is 0 Å². The Morgan fingerprint density at radius 1 is 1.28 bits per heavy atom. The highest BCUT2D eigenvalue weighted by Crippen LogP contribution is 2.34. The highest BCUT2D eigenvalue weighted by Gasteiger charge is 2.49. The van der Waals surface area contributed by atoms with Gasteiger partial charge in [0.2, 0.25) is 0 Å². The summed E-state index contributed by atoms with van der Waals surface area (Å²) in [6, 6.07) is 0. The second-order valence-corrected chi connectivity index (χ2v) is 5.03. The number of hydrogen-bond donors (Lipinski definition) is 0. The van der Waals surface area contributed by atoms with Gasteiger partial charge in [0.15, 0.2) is 5.78 Å². The van der Waals surface area contributed by atoms with Crippen molar-refractivity contribution in [1.82, 2.24) is 0 Å². The molecule has 104 valence electrons. The largest absolute Gasteiger partial charge is 0.460 e. The first-order valence-corrected chi connectivity index (χ1v) is 6.70. The predicted octanol–water partition coefficient (Wildman–Crippen LogP) is 3.38. The summed E-state index contributed by atoms with van der Waals surface area (Å²) in [5.74, 6) is -0.593. The molecule has 1 aliphatic heterocycles. The van der Waals surface area contributed by atoms with Crippen LogP contribution in [0.25, 0.3) is 0 Å². The molecule has 3 unspecified atom stereocenters. The van der Waals surface area contributed by atoms with Gasteiger partial charge in [-0.3, -0.25) is 9.59 Å². The van der Waals surface area contributed by atoms with Crippen molar-refractivity contribution in [2.24, 2.45) is 17.3 Å². The molecule has 1 heterocycles. The zero-order valence-corrected chi connectivity index (χ0v) is 12.6. The van der Waals surface area contributed by atoms with Gasteiger partial charge in [-0.2, -0.15) is 0 Å². The van der Waals surface area contributed by atoms with Gasteiger partial charge in [-0.15, -0.1) is 0 Å². The van der Waals surface area contributed by atoms with Crippen molar-refractivity contribution in [3.63, 3.8) is 0 Å². The summed E-state index contributed by atoms with van der Waals surface area (Å²) < 4.78 is 5.39. The number of esters is 1. The second-order valence-electron chi connectivity index (χ2n) is 5.03. The van der Waals surface area contributed by atoms with Crippen LogP contribution in [0.15, 0.2) is 12.2 Å². The van der Waals surface area contributed by atoms with E-state index in [0.29, 0.717) is 0 Å². The average molecular weight is 254 g/mol. The van der Waals surface area contributed by atoms with Gasteiger partial charge in [-0.1, -0.05) is 39.8 Å². The van der Waals surface area contributed by atoms with E-state index in [2.05, 4.69) is 0 Å². The van der Waals surface area contributed by atoms with Crippen molar-refractivity contribution in [2.75, 3.05) is 0 Å². The number of ether oxygens (including phenoxy) is 1. The number of carbonyl (C=O) groups is 2. The summed E-state index contributed by atoms with van der Waals surface area (Å²) in [6.45, 7) is 13.0. The minimum absolute atomic E-state index is 0.0231. The number of cyclic esters (lactones) is 1. The van der Waals surface area contributed by atoms with Crippen LogP contribution in [0.2, 0.25) is 0 Å². The number of allylic oxidation sites excluding steroid dienone is 1. The quantitative estimate of drug-likeness (QED) is 0.431. The van der Waals surface area contributed by atoms with Crippen molar-refractivity contribution in [3.05, 3.63) is 12.2 Å². The minimum atomic E-state index is -0.994. The van der Waals surface area contributed by atoms with Gasteiger partial charge in [0.25, 0.3) is 0 Å². The maximum Gasteiger partial charge on any atom is 0.319 e. The van der Waals surface area contributed by atoms with E-state index in [9.17, 15) is 9.59 Å². The molecule has 0 N–H and O–H groups in total. The Hall–Kier alpha value is -1.12. The fraction of sp³-hybridized carbons (Fsp3) is 0.733. The van der Waals surface area contributed by atoms with Gasteiger partial charge in [0.1, 0.15) is 11.5 Å². The SMILES string of the molecule is C/C=C/C(C)C1OC(=O)C(C)(C)C(=O)C1C.CC. The second kappa shape index (κ2) is 6.72. The van der Waals surface area contributed by atoms with Gasteiger partial charge in [0.05, 0.1) is 5.92 Å². The van der Waals surface area contributed by atoms with Crippen LogP contribution in [-0.2, 0) is 14.3 Å². The van der Waals surface area contributed by atoms with Crippen molar-refractivity contribution in [2.45, 2.75) is 54.6 Å². The number of Topliss-reactive ketones (excluding diaryl/α,β-unsaturated/α-hetero) is 1. The number of ketones is 1. The standard InChI is InChI=1S/C13H20O3.C2H6/c1-6-7-8(2)10-9(3)11(14)13(4,5)12(15)16-10;1-2/h6-10H,1-5H3;1-2H3/b7-6+;. The fourth-order valence-corrected chi connectivity index (χ4v) is 2.17. The number of rotatable bonds is 2. The van der Waals surface area contributed by atoms with Crippen molar-refractivity contribution in [1.29, 1.82) is 0 Å². The molecule has 0 amide bonds. The van der Waals surface area contributed by atoms with Crippen LogP contribution in [0.1, 0.15) is 48.5 Å². The molecule has 0 aromatic heterocycles. The van der Waals surface area contributed by atoms with E-state index in [0.717, 1.165) is 0 Å². The molecule has 1 fully saturated rings. The summed E-state index contributed by atoms with van der Waals surface area (Å²) in [5, 5.41) is 0. The summed E-state index contributed by atoms with van der Waals surface area (Å²) >= 11 is 0. The number of hydrogen-bond acceptors (Lipinski definition) is 3. The third kappa shape index (κ3) is 3.21. The van der Waals surface area contributed by atoms with E-state index in [1.54, 1.807) is 13.8 Å². The Bertz CT molecular complexity index is 329. The van der Waals surface area contributed by atoms with E-state index >= 15 is 0 Å². The maximum absolute atomic E-state index is 12.1. The molecular formula is C15H26O3. The van der Waals surface area contributed by atoms with E-state index in [1.807, 2.05) is 46.8 Å². The van der Waals surface area contributed by atoms with E-state index in [-0.39, 0.29) is 23.7 Å². The lowest BCUT2D eigenvalue weighted by Crippen LogP contribution is -2.51. The molecule has 0 spiro atoms. The lowest BCUT2D eigenvalue weighted by Gasteiger charge is -2.38. The van der Waals surface area contributed by atoms with Crippen LogP contribution in [-0.4, -0.2) is 17.9 Å². The van der Waals surface area contributed by atoms with Crippen LogP contribution < -0.4 is 0 Å². The van der Waals surface area contributed by atoms with E-state index in [4.69, 9.17) is 4.74 Å². The normalized spacial score (nSPS) is 28.4. The Labute approximate surface area is 111 Å². The third-order valence-electron chi connectivity index (χ3n) is 3.29. The predicted molar refractivity (Wildman–Crippen MR) is 73.2 cm³/mol. The monoisotopic (exact) mass is 254 g/mol. The van der Waals surface area contributed by atoms with Crippen LogP contribution in [0, 0.1) is 17.3 Å². The lowest BCUT2D eigenvalue weighted by molar-refractivity contribution is -0.179. The van der Waals surface area contributed by atoms with Gasteiger partial charge >= 0.3 is 5.97 Å². The smallest absolute Gasteiger partial charge is 0.319 e. The fourth-order valence-electron chi connectivity index (χ4n) is 2.17. The van der Waals surface area contributed by atoms with Crippen LogP contribution in [0.5, 0.6) is 0 Å². The molecule has 1 saturated heterocycles.